The van der Waals surface area contributed by atoms with Crippen molar-refractivity contribution in [2.75, 3.05) is 5.32 Å². The summed E-state index contributed by atoms with van der Waals surface area (Å²) >= 11 is 0. The number of nitrogens with zero attached hydrogens (tertiary/aromatic N) is 2. The van der Waals surface area contributed by atoms with E-state index in [4.69, 9.17) is 0 Å². The molecule has 0 aliphatic heterocycles. The van der Waals surface area contributed by atoms with E-state index >= 15 is 0 Å². The molecule has 1 aromatic heterocycles. The minimum absolute atomic E-state index is 0.700. The largest absolute Gasteiger partial charge is 0.379 e. The Hall–Kier alpha value is -1.77. The third kappa shape index (κ3) is 3.21. The highest BCUT2D eigenvalue weighted by Gasteiger charge is 2.24. The molecular formula is C17H23N3. The minimum atomic E-state index is 0.700. The van der Waals surface area contributed by atoms with Crippen molar-refractivity contribution in [3.05, 3.63) is 48.0 Å². The highest BCUT2D eigenvalue weighted by atomic mass is 15.1. The molecule has 1 aliphatic carbocycles. The van der Waals surface area contributed by atoms with Gasteiger partial charge in [0.15, 0.2) is 0 Å². The van der Waals surface area contributed by atoms with Gasteiger partial charge in [-0.2, -0.15) is 0 Å². The van der Waals surface area contributed by atoms with E-state index in [0.717, 1.165) is 6.54 Å². The van der Waals surface area contributed by atoms with Crippen molar-refractivity contribution in [3.63, 3.8) is 0 Å². The van der Waals surface area contributed by atoms with Crippen LogP contribution in [0.2, 0.25) is 0 Å². The number of anilines is 1. The number of benzene rings is 1. The van der Waals surface area contributed by atoms with Gasteiger partial charge in [0.25, 0.3) is 0 Å². The minimum Gasteiger partial charge on any atom is -0.379 e. The average molecular weight is 269 g/mol. The molecular weight excluding hydrogens is 246 g/mol. The summed E-state index contributed by atoms with van der Waals surface area (Å²) in [6, 6.07) is 9.53. The Morgan fingerprint density at radius 3 is 2.75 bits per heavy atom. The van der Waals surface area contributed by atoms with Crippen LogP contribution in [0.4, 0.5) is 5.69 Å². The molecule has 20 heavy (non-hydrogen) atoms. The molecule has 1 heterocycles. The van der Waals surface area contributed by atoms with Gasteiger partial charge in [0.05, 0.1) is 18.6 Å². The van der Waals surface area contributed by atoms with Gasteiger partial charge in [0, 0.05) is 17.9 Å². The van der Waals surface area contributed by atoms with E-state index in [2.05, 4.69) is 46.1 Å². The van der Waals surface area contributed by atoms with Crippen LogP contribution in [0.3, 0.4) is 0 Å². The first-order valence-electron chi connectivity index (χ1n) is 7.70. The first-order chi connectivity index (χ1) is 9.86. The predicted octanol–water partition coefficient (Wildman–Crippen LogP) is 4.17. The normalized spacial score (nSPS) is 14.4. The molecule has 0 saturated heterocycles. The highest BCUT2D eigenvalue weighted by molar-refractivity contribution is 5.44. The van der Waals surface area contributed by atoms with Crippen LogP contribution in [-0.2, 0) is 13.0 Å². The second-order valence-electron chi connectivity index (χ2n) is 5.68. The van der Waals surface area contributed by atoms with E-state index in [1.54, 1.807) is 0 Å². The Balaban J connectivity index is 1.56. The molecule has 1 aliphatic rings. The van der Waals surface area contributed by atoms with Gasteiger partial charge in [-0.3, -0.25) is 0 Å². The van der Waals surface area contributed by atoms with Gasteiger partial charge in [-0.05, 0) is 43.4 Å². The molecule has 3 nitrogen and oxygen atoms in total. The van der Waals surface area contributed by atoms with E-state index in [1.165, 1.54) is 49.0 Å². The molecule has 0 atom stereocenters. The van der Waals surface area contributed by atoms with Crippen molar-refractivity contribution in [1.82, 2.24) is 9.55 Å². The maximum absolute atomic E-state index is 4.27. The fourth-order valence-electron chi connectivity index (χ4n) is 2.51. The summed E-state index contributed by atoms with van der Waals surface area (Å²) in [4.78, 5) is 4.27. The zero-order valence-corrected chi connectivity index (χ0v) is 12.2. The van der Waals surface area contributed by atoms with Crippen molar-refractivity contribution in [2.45, 2.75) is 51.6 Å². The van der Waals surface area contributed by atoms with E-state index in [9.17, 15) is 0 Å². The molecule has 1 saturated carbocycles. The first-order valence-corrected chi connectivity index (χ1v) is 7.70. The predicted molar refractivity (Wildman–Crippen MR) is 82.9 cm³/mol. The second-order valence-corrected chi connectivity index (χ2v) is 5.68. The van der Waals surface area contributed by atoms with Gasteiger partial charge in [-0.25, -0.2) is 4.98 Å². The molecule has 0 amide bonds. The number of imidazole rings is 1. The summed E-state index contributed by atoms with van der Waals surface area (Å²) in [5, 5.41) is 3.49. The number of unbranched alkanes of at least 4 members (excludes halogenated alkanes) is 1. The molecule has 3 rings (SSSR count). The Morgan fingerprint density at radius 1 is 1.25 bits per heavy atom. The first kappa shape index (κ1) is 13.2. The van der Waals surface area contributed by atoms with Crippen LogP contribution in [0.15, 0.2) is 36.8 Å². The Morgan fingerprint density at radius 2 is 2.05 bits per heavy atom. The van der Waals surface area contributed by atoms with Gasteiger partial charge in [0.1, 0.15) is 0 Å². The summed E-state index contributed by atoms with van der Waals surface area (Å²) in [6.45, 7) is 3.09. The lowest BCUT2D eigenvalue weighted by atomic mass is 10.1. The van der Waals surface area contributed by atoms with Crippen LogP contribution in [0.5, 0.6) is 0 Å². The number of aromatic nitrogens is 2. The Kier molecular flexibility index (Phi) is 4.05. The van der Waals surface area contributed by atoms with Crippen LogP contribution in [0.1, 0.15) is 49.9 Å². The van der Waals surface area contributed by atoms with Gasteiger partial charge >= 0.3 is 0 Å². The summed E-state index contributed by atoms with van der Waals surface area (Å²) < 4.78 is 2.31. The fourth-order valence-corrected chi connectivity index (χ4v) is 2.51. The van der Waals surface area contributed by atoms with Crippen LogP contribution >= 0.6 is 0 Å². The number of rotatable bonds is 7. The maximum Gasteiger partial charge on any atom is 0.0951 e. The van der Waals surface area contributed by atoms with Gasteiger partial charge in [-0.15, -0.1) is 0 Å². The molecule has 2 aromatic rings. The van der Waals surface area contributed by atoms with Gasteiger partial charge in [-0.1, -0.05) is 25.5 Å². The van der Waals surface area contributed by atoms with Crippen LogP contribution in [0.25, 0.3) is 0 Å². The molecule has 0 bridgehead atoms. The monoisotopic (exact) mass is 269 g/mol. The number of aryl methyl sites for hydroxylation is 1. The molecule has 0 unspecified atom stereocenters. The second kappa shape index (κ2) is 6.12. The lowest BCUT2D eigenvalue weighted by Gasteiger charge is -2.10. The lowest BCUT2D eigenvalue weighted by Crippen LogP contribution is -2.05. The topological polar surface area (TPSA) is 29.9 Å². The van der Waals surface area contributed by atoms with E-state index in [-0.39, 0.29) is 0 Å². The Bertz CT molecular complexity index is 538. The van der Waals surface area contributed by atoms with Crippen LogP contribution in [0, 0.1) is 0 Å². The molecule has 3 heteroatoms. The van der Waals surface area contributed by atoms with Crippen molar-refractivity contribution >= 4 is 5.69 Å². The zero-order valence-electron chi connectivity index (χ0n) is 12.2. The third-order valence-corrected chi connectivity index (χ3v) is 3.93. The van der Waals surface area contributed by atoms with Crippen molar-refractivity contribution in [3.8, 4) is 0 Å². The van der Waals surface area contributed by atoms with Crippen molar-refractivity contribution in [1.29, 1.82) is 0 Å². The summed E-state index contributed by atoms with van der Waals surface area (Å²) in [5.74, 6) is 0. The summed E-state index contributed by atoms with van der Waals surface area (Å²) in [6.07, 6.45) is 10.2. The molecule has 106 valence electrons. The average Bonchev–Trinajstić information content (AvgIpc) is 3.23. The number of nitrogens with one attached hydrogen (secondary N) is 1. The standard InChI is InChI=1S/C17H23N3/c1-2-3-4-14-5-7-15(8-6-14)19-12-17-11-18-13-20(17)16-9-10-16/h5-8,11,13,16,19H,2-4,9-10,12H2,1H3. The van der Waals surface area contributed by atoms with Crippen LogP contribution in [-0.4, -0.2) is 9.55 Å². The number of hydrogen-bond donors (Lipinski definition) is 1. The van der Waals surface area contributed by atoms with E-state index < -0.39 is 0 Å². The fraction of sp³-hybridized carbons (Fsp3) is 0.471. The Labute approximate surface area is 121 Å². The summed E-state index contributed by atoms with van der Waals surface area (Å²) in [7, 11) is 0. The quantitative estimate of drug-likeness (QED) is 0.817. The third-order valence-electron chi connectivity index (χ3n) is 3.93. The van der Waals surface area contributed by atoms with Crippen LogP contribution < -0.4 is 5.32 Å². The SMILES string of the molecule is CCCCc1ccc(NCc2cncn2C2CC2)cc1. The number of hydrogen-bond acceptors (Lipinski definition) is 2. The molecule has 1 N–H and O–H groups in total. The van der Waals surface area contributed by atoms with E-state index in [1.807, 2.05) is 12.5 Å². The van der Waals surface area contributed by atoms with E-state index in [0.29, 0.717) is 6.04 Å². The molecule has 1 fully saturated rings. The van der Waals surface area contributed by atoms with Crippen molar-refractivity contribution < 1.29 is 0 Å². The molecule has 0 radical (unpaired) electrons. The zero-order chi connectivity index (χ0) is 13.8. The van der Waals surface area contributed by atoms with Gasteiger partial charge < -0.3 is 9.88 Å². The highest BCUT2D eigenvalue weighted by Crippen LogP contribution is 2.35. The lowest BCUT2D eigenvalue weighted by molar-refractivity contribution is 0.701. The smallest absolute Gasteiger partial charge is 0.0951 e. The maximum atomic E-state index is 4.27. The summed E-state index contributed by atoms with van der Waals surface area (Å²) in [5.41, 5.74) is 3.90. The van der Waals surface area contributed by atoms with Gasteiger partial charge in [0.2, 0.25) is 0 Å². The molecule has 0 spiro atoms. The van der Waals surface area contributed by atoms with Crippen molar-refractivity contribution in [2.24, 2.45) is 0 Å². The molecule has 1 aromatic carbocycles.